The van der Waals surface area contributed by atoms with Crippen molar-refractivity contribution in [3.05, 3.63) is 70.2 Å². The number of anilines is 4. The number of nitrogens with one attached hydrogen (secondary N) is 2. The third-order valence-electron chi connectivity index (χ3n) is 5.83. The van der Waals surface area contributed by atoms with E-state index in [1.165, 1.54) is 25.3 Å². The molecule has 0 atom stereocenters. The highest BCUT2D eigenvalue weighted by Crippen LogP contribution is 2.18. The molecule has 0 aliphatic carbocycles. The quantitative estimate of drug-likeness (QED) is 0.124. The largest absolute Gasteiger partial charge is 0.370 e. The molecule has 4 heterocycles. The van der Waals surface area contributed by atoms with Crippen molar-refractivity contribution >= 4 is 69.7 Å². The average Bonchev–Trinajstić information content (AvgIpc) is 2.95. The van der Waals surface area contributed by atoms with Crippen LogP contribution in [0.5, 0.6) is 0 Å². The normalized spacial score (nSPS) is 10.8. The van der Waals surface area contributed by atoms with Crippen LogP contribution in [0.3, 0.4) is 0 Å². The lowest BCUT2D eigenvalue weighted by molar-refractivity contribution is 0.658. The molecule has 0 bridgehead atoms. The summed E-state index contributed by atoms with van der Waals surface area (Å²) in [6.45, 7) is 4.34. The minimum atomic E-state index is 0.392. The number of rotatable bonds is 16. The molecule has 0 aliphatic rings. The van der Waals surface area contributed by atoms with Crippen LogP contribution < -0.4 is 20.4 Å². The summed E-state index contributed by atoms with van der Waals surface area (Å²) in [4.78, 5) is 37.5. The van der Waals surface area contributed by atoms with Gasteiger partial charge >= 0.3 is 0 Å². The molecule has 0 radical (unpaired) electrons. The van der Waals surface area contributed by atoms with Crippen molar-refractivity contribution in [2.24, 2.45) is 0 Å². The van der Waals surface area contributed by atoms with Gasteiger partial charge in [0.2, 0.25) is 0 Å². The Bertz CT molecular complexity index is 1280. The first-order valence-corrected chi connectivity index (χ1v) is 14.4. The number of nitrogens with zero attached hydrogens (tertiary/aromatic N) is 10. The van der Waals surface area contributed by atoms with E-state index >= 15 is 0 Å². The van der Waals surface area contributed by atoms with Crippen LogP contribution in [0.25, 0.3) is 0 Å². The standard InChI is InChI=1S/C25H28Cl4N12/c26-18-10-22(36-14-32-18)30-4-1-6-40(24-12-20(28)34-16-38-24)8-3-9-41(25-13-21(29)35-17-39-25)7-2-5-31-23-11-19(27)33-15-37-23/h10-17H,1-9H2,(H,30,32,36)(H,31,33,37). The predicted molar refractivity (Wildman–Crippen MR) is 163 cm³/mol. The molecule has 0 unspecified atom stereocenters. The van der Waals surface area contributed by atoms with Crippen molar-refractivity contribution in [1.82, 2.24) is 39.9 Å². The first kappa shape index (κ1) is 30.6. The topological polar surface area (TPSA) is 134 Å². The molecule has 4 aromatic heterocycles. The van der Waals surface area contributed by atoms with Crippen molar-refractivity contribution in [2.45, 2.75) is 19.3 Å². The third kappa shape index (κ3) is 10.5. The summed E-state index contributed by atoms with van der Waals surface area (Å²) in [6, 6.07) is 6.92. The van der Waals surface area contributed by atoms with E-state index in [-0.39, 0.29) is 0 Å². The van der Waals surface area contributed by atoms with E-state index in [9.17, 15) is 0 Å². The zero-order valence-corrected chi connectivity index (χ0v) is 25.0. The highest BCUT2D eigenvalue weighted by molar-refractivity contribution is 6.30. The zero-order valence-electron chi connectivity index (χ0n) is 22.0. The van der Waals surface area contributed by atoms with Gasteiger partial charge in [0.1, 0.15) is 69.2 Å². The maximum Gasteiger partial charge on any atom is 0.134 e. The first-order chi connectivity index (χ1) is 20.0. The van der Waals surface area contributed by atoms with Crippen LogP contribution in [0.2, 0.25) is 20.6 Å². The fourth-order valence-corrected chi connectivity index (χ4v) is 4.54. The molecular formula is C25H28Cl4N12. The van der Waals surface area contributed by atoms with Gasteiger partial charge in [0, 0.05) is 63.5 Å². The smallest absolute Gasteiger partial charge is 0.134 e. The zero-order chi connectivity index (χ0) is 28.9. The van der Waals surface area contributed by atoms with Gasteiger partial charge in [0.25, 0.3) is 0 Å². The minimum Gasteiger partial charge on any atom is -0.370 e. The monoisotopic (exact) mass is 636 g/mol. The summed E-state index contributed by atoms with van der Waals surface area (Å²) in [5.41, 5.74) is 0. The Kier molecular flexibility index (Phi) is 12.1. The van der Waals surface area contributed by atoms with E-state index < -0.39 is 0 Å². The fourth-order valence-electron chi connectivity index (χ4n) is 3.96. The van der Waals surface area contributed by atoms with Crippen molar-refractivity contribution in [2.75, 3.05) is 59.7 Å². The Hall–Kier alpha value is -3.32. The van der Waals surface area contributed by atoms with E-state index in [0.717, 1.165) is 57.1 Å². The van der Waals surface area contributed by atoms with Crippen LogP contribution in [0.1, 0.15) is 19.3 Å². The third-order valence-corrected chi connectivity index (χ3v) is 6.66. The number of hydrogen-bond acceptors (Lipinski definition) is 12. The van der Waals surface area contributed by atoms with Crippen LogP contribution >= 0.6 is 46.4 Å². The van der Waals surface area contributed by atoms with E-state index in [1.54, 1.807) is 24.3 Å². The van der Waals surface area contributed by atoms with Crippen LogP contribution in [-0.4, -0.2) is 79.1 Å². The average molecular weight is 638 g/mol. The maximum absolute atomic E-state index is 6.18. The van der Waals surface area contributed by atoms with Crippen LogP contribution in [0.15, 0.2) is 49.6 Å². The summed E-state index contributed by atoms with van der Waals surface area (Å²) in [5, 5.41) is 8.11. The SMILES string of the molecule is Clc1cc(NCCCN(CCCN(CCCNc2cc(Cl)ncn2)c2cc(Cl)ncn2)c2cc(Cl)ncn2)ncn1. The Labute approximate surface area is 257 Å². The second-order valence-corrected chi connectivity index (χ2v) is 10.3. The Morgan fingerprint density at radius 1 is 0.463 bits per heavy atom. The van der Waals surface area contributed by atoms with Gasteiger partial charge in [-0.2, -0.15) is 0 Å². The Morgan fingerprint density at radius 3 is 1.22 bits per heavy atom. The van der Waals surface area contributed by atoms with Gasteiger partial charge < -0.3 is 20.4 Å². The Balaban J connectivity index is 1.33. The number of halogens is 4. The van der Waals surface area contributed by atoms with E-state index in [1.807, 2.05) is 0 Å². The van der Waals surface area contributed by atoms with Crippen LogP contribution in [0.4, 0.5) is 23.3 Å². The highest BCUT2D eigenvalue weighted by Gasteiger charge is 2.13. The molecule has 0 fully saturated rings. The molecule has 4 aromatic rings. The lowest BCUT2D eigenvalue weighted by atomic mass is 10.2. The lowest BCUT2D eigenvalue weighted by Gasteiger charge is -2.27. The molecule has 0 saturated heterocycles. The van der Waals surface area contributed by atoms with Crippen molar-refractivity contribution in [1.29, 1.82) is 0 Å². The highest BCUT2D eigenvalue weighted by atomic mass is 35.5. The van der Waals surface area contributed by atoms with E-state index in [4.69, 9.17) is 46.4 Å². The second-order valence-electron chi connectivity index (χ2n) is 8.74. The predicted octanol–water partition coefficient (Wildman–Crippen LogP) is 5.17. The molecule has 12 nitrogen and oxygen atoms in total. The molecule has 216 valence electrons. The minimum absolute atomic E-state index is 0.392. The van der Waals surface area contributed by atoms with Crippen molar-refractivity contribution in [3.63, 3.8) is 0 Å². The Morgan fingerprint density at radius 2 is 0.829 bits per heavy atom. The van der Waals surface area contributed by atoms with Crippen molar-refractivity contribution in [3.8, 4) is 0 Å². The van der Waals surface area contributed by atoms with Crippen LogP contribution in [0, 0.1) is 0 Å². The van der Waals surface area contributed by atoms with E-state index in [0.29, 0.717) is 45.3 Å². The fraction of sp³-hybridized carbons (Fsp3) is 0.360. The van der Waals surface area contributed by atoms with Crippen LogP contribution in [-0.2, 0) is 0 Å². The molecule has 0 aromatic carbocycles. The molecule has 0 aliphatic heterocycles. The van der Waals surface area contributed by atoms with Gasteiger partial charge in [-0.3, -0.25) is 0 Å². The summed E-state index contributed by atoms with van der Waals surface area (Å²) in [5.74, 6) is 2.88. The maximum atomic E-state index is 6.18. The van der Waals surface area contributed by atoms with Gasteiger partial charge in [0.05, 0.1) is 0 Å². The molecule has 16 heteroatoms. The molecule has 4 rings (SSSR count). The van der Waals surface area contributed by atoms with Crippen molar-refractivity contribution < 1.29 is 0 Å². The molecule has 0 saturated carbocycles. The number of hydrogen-bond donors (Lipinski definition) is 2. The molecule has 41 heavy (non-hydrogen) atoms. The second kappa shape index (κ2) is 16.2. The van der Waals surface area contributed by atoms with E-state index in [2.05, 4.69) is 60.3 Å². The van der Waals surface area contributed by atoms with Gasteiger partial charge in [-0.05, 0) is 19.3 Å². The molecule has 0 amide bonds. The first-order valence-electron chi connectivity index (χ1n) is 12.8. The molecule has 2 N–H and O–H groups in total. The summed E-state index contributed by atoms with van der Waals surface area (Å²) in [7, 11) is 0. The van der Waals surface area contributed by atoms with Gasteiger partial charge in [-0.15, -0.1) is 0 Å². The summed E-state index contributed by atoms with van der Waals surface area (Å²) >= 11 is 24.3. The van der Waals surface area contributed by atoms with Gasteiger partial charge in [-0.25, -0.2) is 39.9 Å². The number of aromatic nitrogens is 8. The van der Waals surface area contributed by atoms with Gasteiger partial charge in [-0.1, -0.05) is 46.4 Å². The van der Waals surface area contributed by atoms with Gasteiger partial charge in [0.15, 0.2) is 0 Å². The molecular weight excluding hydrogens is 610 g/mol. The molecule has 0 spiro atoms. The summed E-state index contributed by atoms with van der Waals surface area (Å²) < 4.78 is 0. The summed E-state index contributed by atoms with van der Waals surface area (Å²) in [6.07, 6.45) is 8.28. The lowest BCUT2D eigenvalue weighted by Crippen LogP contribution is -2.33.